The second-order valence-electron chi connectivity index (χ2n) is 5.26. The molecule has 2 rings (SSSR count). The lowest BCUT2D eigenvalue weighted by Crippen LogP contribution is -2.18. The number of Topliss-reactive ketones (excluding diaryl/α,β-unsaturated/α-hetero) is 1. The predicted molar refractivity (Wildman–Crippen MR) is 96.3 cm³/mol. The van der Waals surface area contributed by atoms with E-state index in [1.54, 1.807) is 31.4 Å². The van der Waals surface area contributed by atoms with Gasteiger partial charge in [-0.1, -0.05) is 6.58 Å². The first kappa shape index (κ1) is 17.4. The van der Waals surface area contributed by atoms with Gasteiger partial charge in [-0.2, -0.15) is 0 Å². The average Bonchev–Trinajstić information content (AvgIpc) is 2.70. The fourth-order valence-corrected chi connectivity index (χ4v) is 3.28. The predicted octanol–water partition coefficient (Wildman–Crippen LogP) is 3.53. The number of methoxy groups -OCH3 is 1. The molecule has 1 aliphatic rings. The molecule has 2 N–H and O–H groups in total. The van der Waals surface area contributed by atoms with Gasteiger partial charge in [0.1, 0.15) is 5.75 Å². The van der Waals surface area contributed by atoms with Crippen molar-refractivity contribution in [1.82, 2.24) is 4.31 Å². The van der Waals surface area contributed by atoms with E-state index in [1.165, 1.54) is 11.9 Å². The van der Waals surface area contributed by atoms with Gasteiger partial charge in [0.15, 0.2) is 0 Å². The van der Waals surface area contributed by atoms with Gasteiger partial charge >= 0.3 is 0 Å². The normalized spacial score (nSPS) is 14.9. The molecule has 0 aliphatic carbocycles. The Labute approximate surface area is 141 Å². The molecule has 23 heavy (non-hydrogen) atoms. The maximum Gasteiger partial charge on any atom is 0.201 e. The Kier molecular flexibility index (Phi) is 6.07. The number of hydrogen-bond acceptors (Lipinski definition) is 5. The van der Waals surface area contributed by atoms with E-state index in [0.717, 1.165) is 30.0 Å². The number of nitrogens with zero attached hydrogens (tertiary/aromatic N) is 1. The van der Waals surface area contributed by atoms with Crippen LogP contribution in [0.4, 0.5) is 0 Å². The Balaban J connectivity index is 2.22. The van der Waals surface area contributed by atoms with E-state index in [0.29, 0.717) is 17.0 Å². The van der Waals surface area contributed by atoms with Crippen LogP contribution < -0.4 is 10.5 Å². The van der Waals surface area contributed by atoms with Gasteiger partial charge in [-0.3, -0.25) is 4.79 Å². The summed E-state index contributed by atoms with van der Waals surface area (Å²) in [5, 5.41) is 0. The average molecular weight is 330 g/mol. The van der Waals surface area contributed by atoms with E-state index in [-0.39, 0.29) is 5.78 Å². The lowest BCUT2D eigenvalue weighted by molar-refractivity contribution is 0.104. The Hall–Kier alpha value is -1.98. The van der Waals surface area contributed by atoms with Gasteiger partial charge in [-0.25, -0.2) is 0 Å². The van der Waals surface area contributed by atoms with Crippen molar-refractivity contribution in [3.8, 4) is 5.75 Å². The van der Waals surface area contributed by atoms with Crippen LogP contribution in [0.3, 0.4) is 0 Å². The van der Waals surface area contributed by atoms with Crippen molar-refractivity contribution in [2.45, 2.75) is 13.3 Å². The van der Waals surface area contributed by atoms with Crippen LogP contribution in [0.5, 0.6) is 5.75 Å². The standard InChI is InChI=1S/C18H22N2O2S/c1-13-11-14(2)20(10-4-9-19)23-17(12-13)18(21)15-5-7-16(22-3)8-6-15/h5-8,11-12H,1,4,9-10,19H2,2-3H3. The van der Waals surface area contributed by atoms with Gasteiger partial charge < -0.3 is 14.8 Å². The second kappa shape index (κ2) is 8.04. The third-order valence-electron chi connectivity index (χ3n) is 3.45. The van der Waals surface area contributed by atoms with E-state index >= 15 is 0 Å². The molecule has 4 nitrogen and oxygen atoms in total. The van der Waals surface area contributed by atoms with Gasteiger partial charge in [0.2, 0.25) is 5.78 Å². The van der Waals surface area contributed by atoms with Gasteiger partial charge in [0.05, 0.1) is 12.0 Å². The third-order valence-corrected chi connectivity index (χ3v) is 4.64. The lowest BCUT2D eigenvalue weighted by atomic mass is 10.1. The summed E-state index contributed by atoms with van der Waals surface area (Å²) in [7, 11) is 1.61. The summed E-state index contributed by atoms with van der Waals surface area (Å²) in [5.74, 6) is 0.718. The van der Waals surface area contributed by atoms with Gasteiger partial charge in [0, 0.05) is 17.8 Å². The van der Waals surface area contributed by atoms with E-state index < -0.39 is 0 Å². The molecule has 0 bridgehead atoms. The highest BCUT2D eigenvalue weighted by Crippen LogP contribution is 2.33. The highest BCUT2D eigenvalue weighted by molar-refractivity contribution is 8.02. The van der Waals surface area contributed by atoms with E-state index in [9.17, 15) is 4.79 Å². The fraction of sp³-hybridized carbons (Fsp3) is 0.278. The Morgan fingerprint density at radius 3 is 2.61 bits per heavy atom. The van der Waals surface area contributed by atoms with E-state index in [1.807, 2.05) is 19.1 Å². The Bertz CT molecular complexity index is 647. The smallest absolute Gasteiger partial charge is 0.201 e. The lowest BCUT2D eigenvalue weighted by Gasteiger charge is -2.23. The molecule has 1 aromatic rings. The third kappa shape index (κ3) is 4.50. The van der Waals surface area contributed by atoms with Crippen LogP contribution >= 0.6 is 11.9 Å². The first-order chi connectivity index (χ1) is 11.0. The molecule has 0 spiro atoms. The maximum absolute atomic E-state index is 12.8. The number of nitrogens with two attached hydrogens (primary N) is 1. The molecule has 5 heteroatoms. The fourth-order valence-electron chi connectivity index (χ4n) is 2.22. The zero-order chi connectivity index (χ0) is 16.8. The number of carbonyl (C=O) groups excluding carboxylic acids is 1. The number of ether oxygens (including phenoxy) is 1. The van der Waals surface area contributed by atoms with Crippen molar-refractivity contribution >= 4 is 17.7 Å². The largest absolute Gasteiger partial charge is 0.497 e. The van der Waals surface area contributed by atoms with Crippen molar-refractivity contribution in [3.05, 3.63) is 64.7 Å². The first-order valence-electron chi connectivity index (χ1n) is 7.48. The molecule has 0 radical (unpaired) electrons. The number of ketones is 1. The number of benzene rings is 1. The molecule has 0 fully saturated rings. The molecule has 0 saturated heterocycles. The number of hydrogen-bond donors (Lipinski definition) is 1. The van der Waals surface area contributed by atoms with Crippen molar-refractivity contribution in [2.75, 3.05) is 20.2 Å². The van der Waals surface area contributed by atoms with E-state index in [2.05, 4.69) is 10.9 Å². The number of rotatable bonds is 6. The molecule has 0 aromatic heterocycles. The molecule has 0 unspecified atom stereocenters. The zero-order valence-corrected chi connectivity index (χ0v) is 14.4. The molecular weight excluding hydrogens is 308 g/mol. The monoisotopic (exact) mass is 330 g/mol. The molecule has 1 aromatic carbocycles. The van der Waals surface area contributed by atoms with Crippen LogP contribution in [0, 0.1) is 0 Å². The minimum atomic E-state index is -0.0142. The molecule has 122 valence electrons. The van der Waals surface area contributed by atoms with Crippen molar-refractivity contribution in [1.29, 1.82) is 0 Å². The highest BCUT2D eigenvalue weighted by Gasteiger charge is 2.20. The molecular formula is C18H22N2O2S. The molecule has 1 heterocycles. The summed E-state index contributed by atoms with van der Waals surface area (Å²) in [6, 6.07) is 7.14. The van der Waals surface area contributed by atoms with Crippen molar-refractivity contribution in [2.24, 2.45) is 5.73 Å². The summed E-state index contributed by atoms with van der Waals surface area (Å²) in [4.78, 5) is 13.4. The quantitative estimate of drug-likeness (QED) is 0.639. The Morgan fingerprint density at radius 2 is 2.00 bits per heavy atom. The van der Waals surface area contributed by atoms with Crippen molar-refractivity contribution in [3.63, 3.8) is 0 Å². The molecule has 0 atom stereocenters. The van der Waals surface area contributed by atoms with Crippen LogP contribution in [0.25, 0.3) is 0 Å². The van der Waals surface area contributed by atoms with Crippen LogP contribution in [0.2, 0.25) is 0 Å². The minimum absolute atomic E-state index is 0.0142. The summed E-state index contributed by atoms with van der Waals surface area (Å²) in [6.45, 7) is 7.44. The first-order valence-corrected chi connectivity index (χ1v) is 8.25. The highest BCUT2D eigenvalue weighted by atomic mass is 32.2. The van der Waals surface area contributed by atoms with Crippen LogP contribution in [-0.2, 0) is 0 Å². The van der Waals surface area contributed by atoms with Crippen molar-refractivity contribution < 1.29 is 9.53 Å². The van der Waals surface area contributed by atoms with Gasteiger partial charge in [0.25, 0.3) is 0 Å². The maximum atomic E-state index is 12.8. The summed E-state index contributed by atoms with van der Waals surface area (Å²) in [6.07, 6.45) is 4.69. The zero-order valence-electron chi connectivity index (χ0n) is 13.5. The number of carbonyl (C=O) groups is 1. The van der Waals surface area contributed by atoms with Crippen LogP contribution in [0.1, 0.15) is 23.7 Å². The summed E-state index contributed by atoms with van der Waals surface area (Å²) in [5.41, 5.74) is 8.13. The van der Waals surface area contributed by atoms with Gasteiger partial charge in [-0.05, 0) is 73.8 Å². The molecule has 1 aliphatic heterocycles. The molecule has 0 saturated carbocycles. The second-order valence-corrected chi connectivity index (χ2v) is 6.33. The van der Waals surface area contributed by atoms with Crippen LogP contribution in [-0.4, -0.2) is 30.3 Å². The number of allylic oxidation sites excluding steroid dienone is 5. The van der Waals surface area contributed by atoms with Gasteiger partial charge in [-0.15, -0.1) is 0 Å². The summed E-state index contributed by atoms with van der Waals surface area (Å²) < 4.78 is 7.23. The van der Waals surface area contributed by atoms with Crippen LogP contribution in [0.15, 0.2) is 59.2 Å². The Morgan fingerprint density at radius 1 is 1.30 bits per heavy atom. The summed E-state index contributed by atoms with van der Waals surface area (Å²) >= 11 is 1.45. The topological polar surface area (TPSA) is 55.6 Å². The SMILES string of the molecule is C=C1C=C(C(=O)c2ccc(OC)cc2)SN(CCCN)C(C)=C1. The minimum Gasteiger partial charge on any atom is -0.497 e. The molecule has 0 amide bonds. The van der Waals surface area contributed by atoms with E-state index in [4.69, 9.17) is 10.5 Å².